The molecule has 3 nitrogen and oxygen atoms in total. The number of phenols is 1. The first-order chi connectivity index (χ1) is 8.74. The lowest BCUT2D eigenvalue weighted by Gasteiger charge is -2.17. The molecule has 1 aromatic heterocycles. The number of aromatic hydroxyl groups is 1. The van der Waals surface area contributed by atoms with Gasteiger partial charge < -0.3 is 9.84 Å². The van der Waals surface area contributed by atoms with Crippen molar-refractivity contribution in [2.24, 2.45) is 0 Å². The minimum absolute atomic E-state index is 0.0651. The molecule has 0 saturated carbocycles. The van der Waals surface area contributed by atoms with Crippen LogP contribution in [0.25, 0.3) is 5.76 Å². The third kappa shape index (κ3) is 1.93. The lowest BCUT2D eigenvalue weighted by Crippen LogP contribution is -2.05. The normalized spacial score (nSPS) is 13.5. The van der Waals surface area contributed by atoms with Crippen LogP contribution in [-0.4, -0.2) is 10.1 Å². The number of aromatic nitrogens is 1. The van der Waals surface area contributed by atoms with Crippen LogP contribution in [0.3, 0.4) is 0 Å². The van der Waals surface area contributed by atoms with Crippen LogP contribution in [0.2, 0.25) is 5.02 Å². The Morgan fingerprint density at radius 3 is 3.00 bits per heavy atom. The zero-order valence-electron chi connectivity index (χ0n) is 9.43. The van der Waals surface area contributed by atoms with Crippen LogP contribution in [0.15, 0.2) is 42.6 Å². The zero-order chi connectivity index (χ0) is 12.5. The second-order valence-corrected chi connectivity index (χ2v) is 4.42. The van der Waals surface area contributed by atoms with Gasteiger partial charge in [-0.05, 0) is 36.8 Å². The molecule has 0 atom stereocenters. The number of phenolic OH excluding ortho intramolecular Hbond substituents is 1. The Bertz CT molecular complexity index is 637. The molecule has 0 bridgehead atoms. The average Bonchev–Trinajstić information content (AvgIpc) is 2.41. The molecule has 1 N–H and O–H groups in total. The second-order valence-electron chi connectivity index (χ2n) is 4.01. The highest BCUT2D eigenvalue weighted by Gasteiger charge is 2.15. The van der Waals surface area contributed by atoms with Gasteiger partial charge in [-0.15, -0.1) is 0 Å². The number of pyridine rings is 1. The molecule has 1 aliphatic rings. The molecule has 0 aliphatic carbocycles. The fourth-order valence-corrected chi connectivity index (χ4v) is 2.04. The lowest BCUT2D eigenvalue weighted by molar-refractivity contribution is 0.472. The van der Waals surface area contributed by atoms with E-state index in [1.165, 1.54) is 0 Å². The van der Waals surface area contributed by atoms with Gasteiger partial charge in [0, 0.05) is 17.3 Å². The van der Waals surface area contributed by atoms with E-state index in [-0.39, 0.29) is 5.75 Å². The van der Waals surface area contributed by atoms with Gasteiger partial charge in [-0.1, -0.05) is 17.7 Å². The molecule has 2 aromatic rings. The number of benzene rings is 1. The summed E-state index contributed by atoms with van der Waals surface area (Å²) in [4.78, 5) is 4.19. The Kier molecular flexibility index (Phi) is 2.68. The van der Waals surface area contributed by atoms with Crippen LogP contribution < -0.4 is 4.74 Å². The number of ether oxygens (including phenoxy) is 1. The van der Waals surface area contributed by atoms with Crippen LogP contribution in [0.5, 0.6) is 11.6 Å². The molecule has 0 saturated heterocycles. The number of hydrogen-bond donors (Lipinski definition) is 1. The van der Waals surface area contributed by atoms with E-state index in [2.05, 4.69) is 4.98 Å². The van der Waals surface area contributed by atoms with E-state index in [4.69, 9.17) is 16.3 Å². The average molecular weight is 260 g/mol. The molecule has 2 heterocycles. The second kappa shape index (κ2) is 4.35. The molecule has 1 aromatic carbocycles. The summed E-state index contributed by atoms with van der Waals surface area (Å²) in [7, 11) is 0. The predicted octanol–water partition coefficient (Wildman–Crippen LogP) is 3.42. The van der Waals surface area contributed by atoms with E-state index in [0.717, 1.165) is 17.5 Å². The fraction of sp³-hybridized carbons (Fsp3) is 0.0714. The van der Waals surface area contributed by atoms with Gasteiger partial charge in [-0.3, -0.25) is 0 Å². The van der Waals surface area contributed by atoms with Crippen LogP contribution >= 0.6 is 11.6 Å². The number of rotatable bonds is 1. The van der Waals surface area contributed by atoms with E-state index in [1.54, 1.807) is 24.4 Å². The smallest absolute Gasteiger partial charge is 0.222 e. The molecular formula is C14H10ClNO2. The summed E-state index contributed by atoms with van der Waals surface area (Å²) in [5, 5.41) is 9.70. The number of fused-ring (bicyclic) bond motifs is 1. The van der Waals surface area contributed by atoms with Crippen molar-refractivity contribution in [1.29, 1.82) is 0 Å². The SMILES string of the molecule is Oc1ccc(C2=CCc3cccnc3O2)cc1Cl. The summed E-state index contributed by atoms with van der Waals surface area (Å²) in [6.07, 6.45) is 4.45. The van der Waals surface area contributed by atoms with Crippen molar-refractivity contribution in [1.82, 2.24) is 4.98 Å². The van der Waals surface area contributed by atoms with Gasteiger partial charge in [0.15, 0.2) is 0 Å². The Labute approximate surface area is 109 Å². The largest absolute Gasteiger partial charge is 0.506 e. The first-order valence-corrected chi connectivity index (χ1v) is 5.92. The standard InChI is InChI=1S/C14H10ClNO2/c15-11-8-10(3-5-12(11)17)13-6-4-9-2-1-7-16-14(9)18-13/h1-3,5-8,17H,4H2. The van der Waals surface area contributed by atoms with E-state index in [9.17, 15) is 5.11 Å². The van der Waals surface area contributed by atoms with Gasteiger partial charge in [0.25, 0.3) is 0 Å². The third-order valence-electron chi connectivity index (χ3n) is 2.80. The molecule has 0 unspecified atom stereocenters. The minimum Gasteiger partial charge on any atom is -0.506 e. The summed E-state index contributed by atoms with van der Waals surface area (Å²) < 4.78 is 5.72. The van der Waals surface area contributed by atoms with E-state index in [0.29, 0.717) is 16.7 Å². The molecule has 0 fully saturated rings. The van der Waals surface area contributed by atoms with Crippen LogP contribution in [0, 0.1) is 0 Å². The highest BCUT2D eigenvalue weighted by atomic mass is 35.5. The molecule has 90 valence electrons. The van der Waals surface area contributed by atoms with E-state index < -0.39 is 0 Å². The summed E-state index contributed by atoms with van der Waals surface area (Å²) in [6.45, 7) is 0. The maximum Gasteiger partial charge on any atom is 0.222 e. The number of hydrogen-bond acceptors (Lipinski definition) is 3. The number of halogens is 1. The molecule has 0 radical (unpaired) electrons. The molecule has 3 rings (SSSR count). The van der Waals surface area contributed by atoms with Crippen molar-refractivity contribution in [2.45, 2.75) is 6.42 Å². The minimum atomic E-state index is 0.0651. The molecule has 1 aliphatic heterocycles. The van der Waals surface area contributed by atoms with Crippen LogP contribution in [0.4, 0.5) is 0 Å². The predicted molar refractivity (Wildman–Crippen MR) is 69.7 cm³/mol. The number of allylic oxidation sites excluding steroid dienone is 1. The van der Waals surface area contributed by atoms with Crippen LogP contribution in [0.1, 0.15) is 11.1 Å². The van der Waals surface area contributed by atoms with Gasteiger partial charge in [0.1, 0.15) is 11.5 Å². The quantitative estimate of drug-likeness (QED) is 0.853. The maximum atomic E-state index is 9.40. The van der Waals surface area contributed by atoms with Crippen molar-refractivity contribution < 1.29 is 9.84 Å². The van der Waals surface area contributed by atoms with Crippen molar-refractivity contribution >= 4 is 17.4 Å². The molecule has 4 heteroatoms. The first-order valence-electron chi connectivity index (χ1n) is 5.55. The zero-order valence-corrected chi connectivity index (χ0v) is 10.2. The Balaban J connectivity index is 1.95. The Hall–Kier alpha value is -2.00. The van der Waals surface area contributed by atoms with E-state index in [1.807, 2.05) is 18.2 Å². The fourth-order valence-electron chi connectivity index (χ4n) is 1.86. The first kappa shape index (κ1) is 11.1. The maximum absolute atomic E-state index is 9.40. The van der Waals surface area contributed by atoms with Gasteiger partial charge in [0.05, 0.1) is 5.02 Å². The summed E-state index contributed by atoms with van der Waals surface area (Å²) in [6, 6.07) is 8.87. The van der Waals surface area contributed by atoms with Crippen molar-refractivity contribution in [2.75, 3.05) is 0 Å². The van der Waals surface area contributed by atoms with Gasteiger partial charge in [-0.2, -0.15) is 0 Å². The van der Waals surface area contributed by atoms with E-state index >= 15 is 0 Å². The van der Waals surface area contributed by atoms with Gasteiger partial charge >= 0.3 is 0 Å². The molecule has 0 amide bonds. The highest BCUT2D eigenvalue weighted by Crippen LogP contribution is 2.31. The Morgan fingerprint density at radius 2 is 2.17 bits per heavy atom. The van der Waals surface area contributed by atoms with Crippen LogP contribution in [-0.2, 0) is 6.42 Å². The third-order valence-corrected chi connectivity index (χ3v) is 3.10. The summed E-state index contributed by atoms with van der Waals surface area (Å²) >= 11 is 5.88. The molecule has 18 heavy (non-hydrogen) atoms. The highest BCUT2D eigenvalue weighted by molar-refractivity contribution is 6.32. The lowest BCUT2D eigenvalue weighted by atomic mass is 10.1. The topological polar surface area (TPSA) is 42.4 Å². The summed E-state index contributed by atoms with van der Waals surface area (Å²) in [5.41, 5.74) is 1.89. The van der Waals surface area contributed by atoms with Crippen molar-refractivity contribution in [3.05, 3.63) is 58.8 Å². The number of nitrogens with zero attached hydrogens (tertiary/aromatic N) is 1. The molecule has 0 spiro atoms. The monoisotopic (exact) mass is 259 g/mol. The van der Waals surface area contributed by atoms with Crippen molar-refractivity contribution in [3.63, 3.8) is 0 Å². The van der Waals surface area contributed by atoms with Gasteiger partial charge in [-0.25, -0.2) is 4.98 Å². The Morgan fingerprint density at radius 1 is 1.28 bits per heavy atom. The van der Waals surface area contributed by atoms with Crippen molar-refractivity contribution in [3.8, 4) is 11.6 Å². The molecular weight excluding hydrogens is 250 g/mol. The summed E-state index contributed by atoms with van der Waals surface area (Å²) in [5.74, 6) is 1.40. The van der Waals surface area contributed by atoms with Gasteiger partial charge in [0.2, 0.25) is 5.88 Å².